The van der Waals surface area contributed by atoms with Crippen LogP contribution in [-0.2, 0) is 19.6 Å². The van der Waals surface area contributed by atoms with Gasteiger partial charge in [0, 0.05) is 31.7 Å². The van der Waals surface area contributed by atoms with E-state index in [4.69, 9.17) is 9.97 Å². The molecule has 25 heavy (non-hydrogen) atoms. The Morgan fingerprint density at radius 3 is 3.00 bits per heavy atom. The van der Waals surface area contributed by atoms with Gasteiger partial charge in [0.05, 0.1) is 23.3 Å². The summed E-state index contributed by atoms with van der Waals surface area (Å²) < 4.78 is 4.69. The third kappa shape index (κ3) is 3.21. The Morgan fingerprint density at radius 1 is 1.24 bits per heavy atom. The number of imidazole rings is 2. The van der Waals surface area contributed by atoms with Gasteiger partial charge in [0.2, 0.25) is 0 Å². The van der Waals surface area contributed by atoms with Crippen molar-refractivity contribution in [2.75, 3.05) is 6.54 Å². The molecule has 0 saturated carbocycles. The molecule has 0 fully saturated rings. The number of fused-ring (bicyclic) bond motifs is 2. The van der Waals surface area contributed by atoms with Crippen molar-refractivity contribution in [3.8, 4) is 0 Å². The Bertz CT molecular complexity index is 860. The molecule has 5 heteroatoms. The van der Waals surface area contributed by atoms with E-state index in [1.807, 2.05) is 0 Å². The Morgan fingerprint density at radius 2 is 2.12 bits per heavy atom. The lowest BCUT2D eigenvalue weighted by molar-refractivity contribution is 0.419. The highest BCUT2D eigenvalue weighted by atomic mass is 15.1. The average molecular weight is 337 g/mol. The molecule has 5 nitrogen and oxygen atoms in total. The molecule has 0 unspecified atom stereocenters. The first-order valence-corrected chi connectivity index (χ1v) is 9.44. The van der Waals surface area contributed by atoms with Crippen molar-refractivity contribution in [2.24, 2.45) is 0 Å². The van der Waals surface area contributed by atoms with Gasteiger partial charge in [-0.05, 0) is 38.3 Å². The molecule has 1 atom stereocenters. The highest BCUT2D eigenvalue weighted by Gasteiger charge is 2.22. The van der Waals surface area contributed by atoms with E-state index in [0.717, 1.165) is 49.6 Å². The summed E-state index contributed by atoms with van der Waals surface area (Å²) in [4.78, 5) is 9.58. The zero-order valence-corrected chi connectivity index (χ0v) is 15.2. The van der Waals surface area contributed by atoms with Crippen LogP contribution in [0.1, 0.15) is 49.4 Å². The summed E-state index contributed by atoms with van der Waals surface area (Å²) in [7, 11) is 0. The van der Waals surface area contributed by atoms with E-state index < -0.39 is 0 Å². The van der Waals surface area contributed by atoms with Gasteiger partial charge < -0.3 is 14.5 Å². The highest BCUT2D eigenvalue weighted by Crippen LogP contribution is 2.26. The van der Waals surface area contributed by atoms with Crippen LogP contribution in [0, 0.1) is 6.92 Å². The first-order chi connectivity index (χ1) is 12.3. The standard InChI is InChI=1S/C20H27N5/c1-3-10-25-18-9-5-4-8-17(18)23-19(25)13-21-12-16-7-6-11-24-14-15(2)22-20(16)24/h4-5,8-9,14,16,21H,3,6-7,10-13H2,1-2H3/t16-/m0/s1. The lowest BCUT2D eigenvalue weighted by Gasteiger charge is -2.23. The van der Waals surface area contributed by atoms with Crippen LogP contribution in [0.3, 0.4) is 0 Å². The predicted octanol–water partition coefficient (Wildman–Crippen LogP) is 3.62. The molecular formula is C20H27N5. The van der Waals surface area contributed by atoms with Crippen LogP contribution in [0.5, 0.6) is 0 Å². The average Bonchev–Trinajstić information content (AvgIpc) is 3.16. The molecule has 1 N–H and O–H groups in total. The molecule has 0 saturated heterocycles. The van der Waals surface area contributed by atoms with Crippen molar-refractivity contribution < 1.29 is 0 Å². The van der Waals surface area contributed by atoms with Crippen molar-refractivity contribution in [1.29, 1.82) is 0 Å². The minimum atomic E-state index is 0.506. The van der Waals surface area contributed by atoms with Crippen LogP contribution in [0.4, 0.5) is 0 Å². The molecule has 0 spiro atoms. The van der Waals surface area contributed by atoms with Gasteiger partial charge in [0.15, 0.2) is 0 Å². The van der Waals surface area contributed by atoms with Crippen LogP contribution in [-0.4, -0.2) is 25.6 Å². The molecule has 0 aliphatic carbocycles. The van der Waals surface area contributed by atoms with Crippen LogP contribution < -0.4 is 5.32 Å². The fourth-order valence-corrected chi connectivity index (χ4v) is 3.99. The second-order valence-electron chi connectivity index (χ2n) is 7.07. The van der Waals surface area contributed by atoms with Gasteiger partial charge in [0.1, 0.15) is 11.6 Å². The van der Waals surface area contributed by atoms with Crippen molar-refractivity contribution in [3.63, 3.8) is 0 Å². The van der Waals surface area contributed by atoms with E-state index in [9.17, 15) is 0 Å². The number of hydrogen-bond acceptors (Lipinski definition) is 3. The number of aromatic nitrogens is 4. The normalized spacial score (nSPS) is 17.1. The van der Waals surface area contributed by atoms with Gasteiger partial charge in [-0.15, -0.1) is 0 Å². The molecule has 1 aliphatic rings. The van der Waals surface area contributed by atoms with Gasteiger partial charge in [0.25, 0.3) is 0 Å². The lowest BCUT2D eigenvalue weighted by atomic mass is 9.99. The molecule has 3 aromatic rings. The largest absolute Gasteiger partial charge is 0.334 e. The lowest BCUT2D eigenvalue weighted by Crippen LogP contribution is -2.27. The zero-order valence-electron chi connectivity index (χ0n) is 15.2. The summed E-state index contributed by atoms with van der Waals surface area (Å²) in [6, 6.07) is 8.43. The summed E-state index contributed by atoms with van der Waals surface area (Å²) >= 11 is 0. The first kappa shape index (κ1) is 16.3. The van der Waals surface area contributed by atoms with Crippen LogP contribution >= 0.6 is 0 Å². The Balaban J connectivity index is 1.47. The number of nitrogens with zero attached hydrogens (tertiary/aromatic N) is 4. The number of benzene rings is 1. The zero-order chi connectivity index (χ0) is 17.2. The number of hydrogen-bond donors (Lipinski definition) is 1. The van der Waals surface area contributed by atoms with Gasteiger partial charge >= 0.3 is 0 Å². The topological polar surface area (TPSA) is 47.7 Å². The van der Waals surface area contributed by atoms with E-state index in [-0.39, 0.29) is 0 Å². The molecule has 0 radical (unpaired) electrons. The third-order valence-electron chi connectivity index (χ3n) is 5.10. The molecule has 1 aliphatic heterocycles. The summed E-state index contributed by atoms with van der Waals surface area (Å²) in [5.41, 5.74) is 3.47. The SMILES string of the molecule is CCCn1c(CNC[C@@H]2CCCn3cc(C)nc32)nc2ccccc21. The van der Waals surface area contributed by atoms with Gasteiger partial charge in [-0.2, -0.15) is 0 Å². The second kappa shape index (κ2) is 7.00. The number of aryl methyl sites for hydroxylation is 3. The fraction of sp³-hybridized carbons (Fsp3) is 0.500. The van der Waals surface area contributed by atoms with E-state index in [1.54, 1.807) is 0 Å². The monoisotopic (exact) mass is 337 g/mol. The molecule has 0 bridgehead atoms. The Labute approximate surface area is 149 Å². The van der Waals surface area contributed by atoms with E-state index >= 15 is 0 Å². The highest BCUT2D eigenvalue weighted by molar-refractivity contribution is 5.75. The Hall–Kier alpha value is -2.14. The molecule has 4 rings (SSSR count). The molecule has 0 amide bonds. The number of rotatable bonds is 6. The van der Waals surface area contributed by atoms with Crippen molar-refractivity contribution >= 4 is 11.0 Å². The Kier molecular flexibility index (Phi) is 4.57. The van der Waals surface area contributed by atoms with Gasteiger partial charge in [-0.3, -0.25) is 0 Å². The molecule has 3 heterocycles. The quantitative estimate of drug-likeness (QED) is 0.747. The maximum absolute atomic E-state index is 4.84. The maximum atomic E-state index is 4.84. The van der Waals surface area contributed by atoms with Crippen LogP contribution in [0.25, 0.3) is 11.0 Å². The number of nitrogens with one attached hydrogen (secondary N) is 1. The minimum absolute atomic E-state index is 0.506. The molecule has 1 aromatic carbocycles. The summed E-state index contributed by atoms with van der Waals surface area (Å²) in [5, 5.41) is 3.64. The van der Waals surface area contributed by atoms with Crippen LogP contribution in [0.15, 0.2) is 30.5 Å². The predicted molar refractivity (Wildman–Crippen MR) is 101 cm³/mol. The van der Waals surface area contributed by atoms with E-state index in [0.29, 0.717) is 5.92 Å². The van der Waals surface area contributed by atoms with E-state index in [2.05, 4.69) is 58.8 Å². The summed E-state index contributed by atoms with van der Waals surface area (Å²) in [6.45, 7) is 8.21. The van der Waals surface area contributed by atoms with Crippen LogP contribution in [0.2, 0.25) is 0 Å². The minimum Gasteiger partial charge on any atom is -0.334 e. The van der Waals surface area contributed by atoms with Crippen molar-refractivity contribution in [1.82, 2.24) is 24.4 Å². The summed E-state index contributed by atoms with van der Waals surface area (Å²) in [6.07, 6.45) is 5.76. The molecule has 2 aromatic heterocycles. The number of para-hydroxylation sites is 2. The summed E-state index contributed by atoms with van der Waals surface area (Å²) in [5.74, 6) is 2.89. The second-order valence-corrected chi connectivity index (χ2v) is 7.07. The molecule has 132 valence electrons. The van der Waals surface area contributed by atoms with Crippen molar-refractivity contribution in [2.45, 2.75) is 58.7 Å². The van der Waals surface area contributed by atoms with Gasteiger partial charge in [-0.25, -0.2) is 9.97 Å². The van der Waals surface area contributed by atoms with Crippen molar-refractivity contribution in [3.05, 3.63) is 47.8 Å². The third-order valence-corrected chi connectivity index (χ3v) is 5.10. The first-order valence-electron chi connectivity index (χ1n) is 9.44. The maximum Gasteiger partial charge on any atom is 0.123 e. The van der Waals surface area contributed by atoms with Gasteiger partial charge in [-0.1, -0.05) is 19.1 Å². The van der Waals surface area contributed by atoms with E-state index in [1.165, 1.54) is 24.2 Å². The fourth-order valence-electron chi connectivity index (χ4n) is 3.99. The smallest absolute Gasteiger partial charge is 0.123 e. The molecular weight excluding hydrogens is 310 g/mol.